The summed E-state index contributed by atoms with van der Waals surface area (Å²) in [5, 5.41) is 8.68. The molecular formula is C14H14N4O2. The number of benzene rings is 1. The fraction of sp³-hybridized carbons (Fsp3) is 0.214. The number of nitrogens with zero attached hydrogens (tertiary/aromatic N) is 3. The van der Waals surface area contributed by atoms with Crippen molar-refractivity contribution in [1.82, 2.24) is 14.9 Å². The molecule has 0 aliphatic rings. The molecule has 2 aromatic rings. The van der Waals surface area contributed by atoms with Crippen molar-refractivity contribution in [2.24, 2.45) is 0 Å². The number of carbonyl (C=O) groups is 1. The molecule has 1 heterocycles. The maximum atomic E-state index is 11.9. The van der Waals surface area contributed by atoms with E-state index in [1.807, 2.05) is 6.07 Å². The Morgan fingerprint density at radius 1 is 1.45 bits per heavy atom. The molecule has 0 radical (unpaired) electrons. The molecule has 0 saturated carbocycles. The van der Waals surface area contributed by atoms with Crippen molar-refractivity contribution in [3.05, 3.63) is 48.0 Å². The Morgan fingerprint density at radius 3 is 2.80 bits per heavy atom. The molecule has 1 aromatic heterocycles. The van der Waals surface area contributed by atoms with Crippen LogP contribution in [0.5, 0.6) is 5.75 Å². The predicted molar refractivity (Wildman–Crippen MR) is 71.7 cm³/mol. The predicted octanol–water partition coefficient (Wildman–Crippen LogP) is 1.32. The van der Waals surface area contributed by atoms with Crippen molar-refractivity contribution in [2.75, 3.05) is 13.7 Å². The van der Waals surface area contributed by atoms with Gasteiger partial charge in [-0.3, -0.25) is 4.79 Å². The number of nitriles is 1. The number of nitrogens with one attached hydrogen (secondary N) is 1. The van der Waals surface area contributed by atoms with Gasteiger partial charge in [0.05, 0.1) is 18.2 Å². The van der Waals surface area contributed by atoms with E-state index in [4.69, 9.17) is 10.00 Å². The van der Waals surface area contributed by atoms with Gasteiger partial charge in [0.25, 0.3) is 5.91 Å². The van der Waals surface area contributed by atoms with E-state index in [-0.39, 0.29) is 12.5 Å². The van der Waals surface area contributed by atoms with Crippen LogP contribution in [-0.4, -0.2) is 34.4 Å². The summed E-state index contributed by atoms with van der Waals surface area (Å²) in [4.78, 5) is 20.4. The smallest absolute Gasteiger partial charge is 0.260 e. The lowest BCUT2D eigenvalue weighted by Crippen LogP contribution is -2.31. The Morgan fingerprint density at radius 2 is 2.20 bits per heavy atom. The summed E-state index contributed by atoms with van der Waals surface area (Å²) >= 11 is 0. The average molecular weight is 270 g/mol. The third kappa shape index (κ3) is 3.59. The van der Waals surface area contributed by atoms with Crippen LogP contribution in [0.2, 0.25) is 0 Å². The van der Waals surface area contributed by atoms with E-state index in [0.29, 0.717) is 17.9 Å². The summed E-state index contributed by atoms with van der Waals surface area (Å²) in [6, 6.07) is 8.64. The highest BCUT2D eigenvalue weighted by molar-refractivity contribution is 5.77. The van der Waals surface area contributed by atoms with Gasteiger partial charge in [0.1, 0.15) is 11.6 Å². The van der Waals surface area contributed by atoms with Gasteiger partial charge in [-0.05, 0) is 24.3 Å². The Labute approximate surface area is 116 Å². The van der Waals surface area contributed by atoms with Crippen molar-refractivity contribution in [2.45, 2.75) is 6.54 Å². The topological polar surface area (TPSA) is 82.0 Å². The number of amides is 1. The van der Waals surface area contributed by atoms with E-state index in [2.05, 4.69) is 9.97 Å². The first-order chi connectivity index (χ1) is 9.69. The highest BCUT2D eigenvalue weighted by Crippen LogP contribution is 2.11. The number of carbonyl (C=O) groups excluding carboxylic acids is 1. The number of H-pyrrole nitrogens is 1. The average Bonchev–Trinajstić information content (AvgIpc) is 2.98. The number of hydrogen-bond donors (Lipinski definition) is 1. The summed E-state index contributed by atoms with van der Waals surface area (Å²) < 4.78 is 5.38. The number of aromatic nitrogens is 2. The Balaban J connectivity index is 1.83. The fourth-order valence-electron chi connectivity index (χ4n) is 1.58. The van der Waals surface area contributed by atoms with Gasteiger partial charge >= 0.3 is 0 Å². The lowest BCUT2D eigenvalue weighted by molar-refractivity contribution is -0.132. The number of ether oxygens (including phenoxy) is 1. The van der Waals surface area contributed by atoms with Crippen LogP contribution in [-0.2, 0) is 11.3 Å². The van der Waals surface area contributed by atoms with E-state index in [0.717, 1.165) is 5.82 Å². The summed E-state index contributed by atoms with van der Waals surface area (Å²) in [6.45, 7) is 0.353. The van der Waals surface area contributed by atoms with Gasteiger partial charge in [0, 0.05) is 19.4 Å². The molecule has 0 atom stereocenters. The van der Waals surface area contributed by atoms with Gasteiger partial charge in [-0.15, -0.1) is 0 Å². The van der Waals surface area contributed by atoms with Gasteiger partial charge in [0.15, 0.2) is 6.61 Å². The Kier molecular flexibility index (Phi) is 4.35. The lowest BCUT2D eigenvalue weighted by atomic mass is 10.2. The molecule has 2 rings (SSSR count). The SMILES string of the molecule is CN(Cc1ncc[nH]1)C(=O)COc1ccc(C#N)cc1. The van der Waals surface area contributed by atoms with Crippen LogP contribution >= 0.6 is 0 Å². The second kappa shape index (κ2) is 6.38. The minimum atomic E-state index is -0.147. The highest BCUT2D eigenvalue weighted by Gasteiger charge is 2.11. The van der Waals surface area contributed by atoms with Gasteiger partial charge in [-0.25, -0.2) is 4.98 Å². The van der Waals surface area contributed by atoms with Crippen molar-refractivity contribution in [3.63, 3.8) is 0 Å². The molecular weight excluding hydrogens is 256 g/mol. The van der Waals surface area contributed by atoms with Gasteiger partial charge in [0.2, 0.25) is 0 Å². The van der Waals surface area contributed by atoms with Crippen molar-refractivity contribution >= 4 is 5.91 Å². The second-order valence-corrected chi connectivity index (χ2v) is 4.21. The molecule has 6 heteroatoms. The summed E-state index contributed by atoms with van der Waals surface area (Å²) in [6.07, 6.45) is 3.35. The quantitative estimate of drug-likeness (QED) is 0.888. The van der Waals surface area contributed by atoms with Crippen LogP contribution in [0.25, 0.3) is 0 Å². The van der Waals surface area contributed by atoms with Crippen molar-refractivity contribution in [3.8, 4) is 11.8 Å². The van der Waals surface area contributed by atoms with Crippen LogP contribution in [0.3, 0.4) is 0 Å². The molecule has 6 nitrogen and oxygen atoms in total. The van der Waals surface area contributed by atoms with Crippen LogP contribution in [0.15, 0.2) is 36.7 Å². The molecule has 1 amide bonds. The minimum Gasteiger partial charge on any atom is -0.484 e. The van der Waals surface area contributed by atoms with Crippen LogP contribution in [0, 0.1) is 11.3 Å². The molecule has 102 valence electrons. The normalized spacial score (nSPS) is 9.80. The van der Waals surface area contributed by atoms with Crippen molar-refractivity contribution < 1.29 is 9.53 Å². The highest BCUT2D eigenvalue weighted by atomic mass is 16.5. The number of rotatable bonds is 5. The van der Waals surface area contributed by atoms with E-state index < -0.39 is 0 Å². The molecule has 0 fully saturated rings. The number of likely N-dealkylation sites (N-methyl/N-ethyl adjacent to an activating group) is 1. The molecule has 20 heavy (non-hydrogen) atoms. The zero-order valence-corrected chi connectivity index (χ0v) is 11.0. The van der Waals surface area contributed by atoms with E-state index in [1.165, 1.54) is 4.90 Å². The number of aromatic amines is 1. The van der Waals surface area contributed by atoms with Gasteiger partial charge in [-0.2, -0.15) is 5.26 Å². The molecule has 1 N–H and O–H groups in total. The zero-order valence-electron chi connectivity index (χ0n) is 11.0. The largest absolute Gasteiger partial charge is 0.484 e. The summed E-state index contributed by atoms with van der Waals surface area (Å²) in [5.74, 6) is 1.13. The van der Waals surface area contributed by atoms with E-state index >= 15 is 0 Å². The molecule has 0 spiro atoms. The van der Waals surface area contributed by atoms with Crippen LogP contribution in [0.1, 0.15) is 11.4 Å². The Bertz CT molecular complexity index is 599. The van der Waals surface area contributed by atoms with Crippen LogP contribution < -0.4 is 4.74 Å². The van der Waals surface area contributed by atoms with E-state index in [9.17, 15) is 4.79 Å². The summed E-state index contributed by atoms with van der Waals surface area (Å²) in [7, 11) is 1.69. The monoisotopic (exact) mass is 270 g/mol. The number of imidazole rings is 1. The first-order valence-electron chi connectivity index (χ1n) is 6.04. The molecule has 0 bridgehead atoms. The first-order valence-corrected chi connectivity index (χ1v) is 6.04. The molecule has 0 saturated heterocycles. The Hall–Kier alpha value is -2.81. The van der Waals surface area contributed by atoms with Crippen LogP contribution in [0.4, 0.5) is 0 Å². The van der Waals surface area contributed by atoms with Gasteiger partial charge in [-0.1, -0.05) is 0 Å². The maximum absolute atomic E-state index is 11.9. The summed E-state index contributed by atoms with van der Waals surface area (Å²) in [5.41, 5.74) is 0.554. The van der Waals surface area contributed by atoms with E-state index in [1.54, 1.807) is 43.7 Å². The number of hydrogen-bond acceptors (Lipinski definition) is 4. The fourth-order valence-corrected chi connectivity index (χ4v) is 1.58. The van der Waals surface area contributed by atoms with Crippen molar-refractivity contribution in [1.29, 1.82) is 5.26 Å². The minimum absolute atomic E-state index is 0.0525. The molecule has 0 aliphatic carbocycles. The third-order valence-electron chi connectivity index (χ3n) is 2.71. The third-order valence-corrected chi connectivity index (χ3v) is 2.71. The first kappa shape index (κ1) is 13.6. The zero-order chi connectivity index (χ0) is 14.4. The maximum Gasteiger partial charge on any atom is 0.260 e. The molecule has 0 aliphatic heterocycles. The lowest BCUT2D eigenvalue weighted by Gasteiger charge is -2.16. The van der Waals surface area contributed by atoms with Gasteiger partial charge < -0.3 is 14.6 Å². The molecule has 1 aromatic carbocycles. The standard InChI is InChI=1S/C14H14N4O2/c1-18(9-13-16-6-7-17-13)14(19)10-20-12-4-2-11(8-15)3-5-12/h2-7H,9-10H2,1H3,(H,16,17). The molecule has 0 unspecified atom stereocenters. The second-order valence-electron chi connectivity index (χ2n) is 4.21.